The van der Waals surface area contributed by atoms with Crippen molar-refractivity contribution in [2.24, 2.45) is 0 Å². The van der Waals surface area contributed by atoms with Crippen LogP contribution in [0.15, 0.2) is 47.2 Å². The van der Waals surface area contributed by atoms with Gasteiger partial charge in [-0.1, -0.05) is 24.1 Å². The Morgan fingerprint density at radius 2 is 1.93 bits per heavy atom. The van der Waals surface area contributed by atoms with E-state index in [1.807, 2.05) is 36.7 Å². The fourth-order valence-corrected chi connectivity index (χ4v) is 4.15. The molecule has 0 spiro atoms. The van der Waals surface area contributed by atoms with Crippen molar-refractivity contribution in [3.63, 3.8) is 0 Å². The highest BCUT2D eigenvalue weighted by atomic mass is 16.5. The van der Waals surface area contributed by atoms with Gasteiger partial charge in [-0.15, -0.1) is 0 Å². The number of fused-ring (bicyclic) bond motifs is 1. The number of rotatable bonds is 5. The van der Waals surface area contributed by atoms with E-state index >= 15 is 0 Å². The Hall–Kier alpha value is -3.35. The van der Waals surface area contributed by atoms with Crippen molar-refractivity contribution < 1.29 is 14.0 Å². The maximum Gasteiger partial charge on any atom is 0.262 e. The summed E-state index contributed by atoms with van der Waals surface area (Å²) < 4.78 is 18.7. The van der Waals surface area contributed by atoms with Crippen LogP contribution in [0.25, 0.3) is 33.9 Å². The Balaban J connectivity index is 1.50. The lowest BCUT2D eigenvalue weighted by Gasteiger charge is -2.12. The zero-order valence-electron chi connectivity index (χ0n) is 16.5. The number of hydrogen-bond acceptors (Lipinski definition) is 6. The van der Waals surface area contributed by atoms with Gasteiger partial charge in [-0.3, -0.25) is 0 Å². The highest BCUT2D eigenvalue weighted by molar-refractivity contribution is 5.81. The summed E-state index contributed by atoms with van der Waals surface area (Å²) in [5.41, 5.74) is 3.65. The third kappa shape index (κ3) is 3.03. The third-order valence-corrected chi connectivity index (χ3v) is 5.61. The van der Waals surface area contributed by atoms with E-state index < -0.39 is 0 Å². The van der Waals surface area contributed by atoms with E-state index in [1.165, 1.54) is 25.7 Å². The van der Waals surface area contributed by atoms with E-state index in [1.54, 1.807) is 14.2 Å². The molecule has 0 N–H and O–H groups in total. The average Bonchev–Trinajstić information content (AvgIpc) is 3.52. The number of para-hydroxylation sites is 1. The number of imidazole rings is 1. The van der Waals surface area contributed by atoms with E-state index in [0.717, 1.165) is 16.6 Å². The lowest BCUT2D eigenvalue weighted by Crippen LogP contribution is -2.02. The molecular formula is C22H22N4O3. The van der Waals surface area contributed by atoms with Gasteiger partial charge in [0.15, 0.2) is 11.5 Å². The predicted octanol–water partition coefficient (Wildman–Crippen LogP) is 4.89. The Bertz CT molecular complexity index is 1160. The zero-order chi connectivity index (χ0) is 19.8. The van der Waals surface area contributed by atoms with Crippen molar-refractivity contribution in [1.82, 2.24) is 19.7 Å². The van der Waals surface area contributed by atoms with Gasteiger partial charge in [-0.25, -0.2) is 4.98 Å². The van der Waals surface area contributed by atoms with Gasteiger partial charge in [-0.2, -0.15) is 4.98 Å². The molecule has 0 atom stereocenters. The van der Waals surface area contributed by atoms with E-state index in [-0.39, 0.29) is 0 Å². The average molecular weight is 390 g/mol. The van der Waals surface area contributed by atoms with Crippen molar-refractivity contribution >= 4 is 11.0 Å². The first-order chi connectivity index (χ1) is 14.3. The van der Waals surface area contributed by atoms with Crippen LogP contribution in [0.5, 0.6) is 11.5 Å². The fourth-order valence-electron chi connectivity index (χ4n) is 4.15. The molecule has 1 fully saturated rings. The number of nitrogens with zero attached hydrogens (tertiary/aromatic N) is 4. The maximum absolute atomic E-state index is 5.52. The molecule has 2 aromatic carbocycles. The Morgan fingerprint density at radius 1 is 1.07 bits per heavy atom. The van der Waals surface area contributed by atoms with Crippen LogP contribution in [-0.2, 0) is 0 Å². The summed E-state index contributed by atoms with van der Waals surface area (Å²) in [4.78, 5) is 9.18. The SMILES string of the molecule is COc1cccc(-c2nc(-c3ccc4c(c3)ncn4C3CCCC3)no2)c1OC. The first-order valence-corrected chi connectivity index (χ1v) is 9.80. The quantitative estimate of drug-likeness (QED) is 0.483. The number of ether oxygens (including phenoxy) is 2. The number of methoxy groups -OCH3 is 2. The Kier molecular flexibility index (Phi) is 4.42. The Labute approximate surface area is 168 Å². The summed E-state index contributed by atoms with van der Waals surface area (Å²) in [6.45, 7) is 0. The molecule has 5 rings (SSSR count). The summed E-state index contributed by atoms with van der Waals surface area (Å²) in [5, 5.41) is 4.17. The number of benzene rings is 2. The molecule has 29 heavy (non-hydrogen) atoms. The van der Waals surface area contributed by atoms with Gasteiger partial charge in [0.05, 0.1) is 37.1 Å². The molecular weight excluding hydrogens is 368 g/mol. The monoisotopic (exact) mass is 390 g/mol. The molecule has 0 bridgehead atoms. The molecule has 4 aromatic rings. The minimum atomic E-state index is 0.382. The summed E-state index contributed by atoms with van der Waals surface area (Å²) in [6, 6.07) is 12.2. The highest BCUT2D eigenvalue weighted by Gasteiger charge is 2.20. The molecule has 2 heterocycles. The minimum absolute atomic E-state index is 0.382. The van der Waals surface area contributed by atoms with Crippen molar-refractivity contribution in [1.29, 1.82) is 0 Å². The second-order valence-electron chi connectivity index (χ2n) is 7.26. The number of aromatic nitrogens is 4. The first kappa shape index (κ1) is 17.7. The molecule has 0 saturated heterocycles. The minimum Gasteiger partial charge on any atom is -0.493 e. The van der Waals surface area contributed by atoms with Gasteiger partial charge in [0.2, 0.25) is 5.82 Å². The summed E-state index contributed by atoms with van der Waals surface area (Å²) in [6.07, 6.45) is 6.99. The molecule has 2 aromatic heterocycles. The second-order valence-corrected chi connectivity index (χ2v) is 7.26. The van der Waals surface area contributed by atoms with Crippen LogP contribution < -0.4 is 9.47 Å². The van der Waals surface area contributed by atoms with Crippen LogP contribution in [0.1, 0.15) is 31.7 Å². The van der Waals surface area contributed by atoms with Crippen molar-refractivity contribution in [3.05, 3.63) is 42.7 Å². The smallest absolute Gasteiger partial charge is 0.262 e. The van der Waals surface area contributed by atoms with Gasteiger partial charge < -0.3 is 18.6 Å². The van der Waals surface area contributed by atoms with Crippen molar-refractivity contribution in [2.75, 3.05) is 14.2 Å². The standard InChI is InChI=1S/C22H22N4O3/c1-27-19-9-5-8-16(20(19)28-2)22-24-21(25-29-22)14-10-11-18-17(12-14)23-13-26(18)15-6-3-4-7-15/h5,8-13,15H,3-4,6-7H2,1-2H3. The van der Waals surface area contributed by atoms with Crippen LogP contribution in [-0.4, -0.2) is 33.9 Å². The second kappa shape index (κ2) is 7.24. The van der Waals surface area contributed by atoms with Gasteiger partial charge >= 0.3 is 0 Å². The highest BCUT2D eigenvalue weighted by Crippen LogP contribution is 2.38. The van der Waals surface area contributed by atoms with Crippen LogP contribution >= 0.6 is 0 Å². The molecule has 148 valence electrons. The predicted molar refractivity (Wildman–Crippen MR) is 109 cm³/mol. The van der Waals surface area contributed by atoms with Crippen LogP contribution in [0.2, 0.25) is 0 Å². The summed E-state index contributed by atoms with van der Waals surface area (Å²) >= 11 is 0. The molecule has 0 aliphatic heterocycles. The first-order valence-electron chi connectivity index (χ1n) is 9.80. The van der Waals surface area contributed by atoms with E-state index in [2.05, 4.69) is 25.8 Å². The lowest BCUT2D eigenvalue weighted by molar-refractivity contribution is 0.353. The molecule has 1 aliphatic carbocycles. The molecule has 7 heteroatoms. The van der Waals surface area contributed by atoms with Gasteiger partial charge in [0, 0.05) is 11.6 Å². The van der Waals surface area contributed by atoms with Crippen molar-refractivity contribution in [3.8, 4) is 34.3 Å². The zero-order valence-corrected chi connectivity index (χ0v) is 16.5. The molecule has 0 unspecified atom stereocenters. The van der Waals surface area contributed by atoms with Crippen LogP contribution in [0, 0.1) is 0 Å². The van der Waals surface area contributed by atoms with E-state index in [4.69, 9.17) is 14.0 Å². The topological polar surface area (TPSA) is 75.2 Å². The van der Waals surface area contributed by atoms with E-state index in [0.29, 0.717) is 34.8 Å². The van der Waals surface area contributed by atoms with Crippen molar-refractivity contribution in [2.45, 2.75) is 31.7 Å². The van der Waals surface area contributed by atoms with Gasteiger partial charge in [0.25, 0.3) is 5.89 Å². The summed E-state index contributed by atoms with van der Waals surface area (Å²) in [7, 11) is 3.19. The van der Waals surface area contributed by atoms with E-state index in [9.17, 15) is 0 Å². The molecule has 0 amide bonds. The maximum atomic E-state index is 5.52. The molecule has 1 saturated carbocycles. The molecule has 1 aliphatic rings. The van der Waals surface area contributed by atoms with Gasteiger partial charge in [-0.05, 0) is 43.2 Å². The van der Waals surface area contributed by atoms with Crippen LogP contribution in [0.4, 0.5) is 0 Å². The third-order valence-electron chi connectivity index (χ3n) is 5.61. The molecule has 0 radical (unpaired) electrons. The normalized spacial score (nSPS) is 14.6. The van der Waals surface area contributed by atoms with Crippen LogP contribution in [0.3, 0.4) is 0 Å². The number of hydrogen-bond donors (Lipinski definition) is 0. The lowest BCUT2D eigenvalue weighted by atomic mass is 10.1. The van der Waals surface area contributed by atoms with Gasteiger partial charge in [0.1, 0.15) is 0 Å². The largest absolute Gasteiger partial charge is 0.493 e. The molecule has 7 nitrogen and oxygen atoms in total. The Morgan fingerprint density at radius 3 is 2.72 bits per heavy atom. The fraction of sp³-hybridized carbons (Fsp3) is 0.318. The summed E-state index contributed by atoms with van der Waals surface area (Å²) in [5.74, 6) is 2.08.